The Hall–Kier alpha value is -2.84. The summed E-state index contributed by atoms with van der Waals surface area (Å²) in [4.78, 5) is 13.3. The van der Waals surface area contributed by atoms with Crippen LogP contribution in [-0.4, -0.2) is 42.9 Å². The molecule has 1 unspecified atom stereocenters. The fraction of sp³-hybridized carbons (Fsp3) is 0.423. The van der Waals surface area contributed by atoms with Gasteiger partial charge in [0.05, 0.1) is 11.5 Å². The largest absolute Gasteiger partial charge is 0.494 e. The van der Waals surface area contributed by atoms with Gasteiger partial charge in [-0.1, -0.05) is 25.5 Å². The number of amides is 1. The molecule has 4 rings (SSSR count). The van der Waals surface area contributed by atoms with Gasteiger partial charge in [-0.25, -0.2) is 8.42 Å². The van der Waals surface area contributed by atoms with Crippen LogP contribution in [0, 0.1) is 0 Å². The molecule has 0 saturated carbocycles. The molecule has 3 aromatic rings. The van der Waals surface area contributed by atoms with Gasteiger partial charge in [0.15, 0.2) is 0 Å². The van der Waals surface area contributed by atoms with E-state index in [0.717, 1.165) is 41.5 Å². The van der Waals surface area contributed by atoms with E-state index in [-0.39, 0.29) is 11.9 Å². The molecule has 34 heavy (non-hydrogen) atoms. The van der Waals surface area contributed by atoms with Gasteiger partial charge in [-0.3, -0.25) is 4.79 Å². The number of aromatic nitrogens is 1. The first-order valence-electron chi connectivity index (χ1n) is 12.0. The van der Waals surface area contributed by atoms with E-state index in [1.54, 1.807) is 16.4 Å². The average molecular weight is 484 g/mol. The topological polar surface area (TPSA) is 80.6 Å². The number of carbonyl (C=O) groups excluding carboxylic acids is 1. The number of fused-ring (bicyclic) bond motifs is 1. The van der Waals surface area contributed by atoms with Crippen molar-refractivity contribution in [2.24, 2.45) is 0 Å². The summed E-state index contributed by atoms with van der Waals surface area (Å²) in [6, 6.07) is 14.4. The minimum absolute atomic E-state index is 0.0705. The Balaban J connectivity index is 1.49. The third-order valence-corrected chi connectivity index (χ3v) is 8.27. The van der Waals surface area contributed by atoms with E-state index in [1.165, 1.54) is 0 Å². The lowest BCUT2D eigenvalue weighted by Gasteiger charge is -2.26. The van der Waals surface area contributed by atoms with E-state index in [2.05, 4.69) is 5.32 Å². The van der Waals surface area contributed by atoms with Gasteiger partial charge in [0.2, 0.25) is 15.9 Å². The molecule has 1 aromatic heterocycles. The molecule has 0 aliphatic carbocycles. The van der Waals surface area contributed by atoms with Crippen LogP contribution in [0.5, 0.6) is 5.75 Å². The third kappa shape index (κ3) is 5.13. The lowest BCUT2D eigenvalue weighted by Crippen LogP contribution is -2.35. The zero-order valence-electron chi connectivity index (χ0n) is 19.9. The highest BCUT2D eigenvalue weighted by molar-refractivity contribution is 7.89. The van der Waals surface area contributed by atoms with Crippen LogP contribution in [0.25, 0.3) is 10.9 Å². The van der Waals surface area contributed by atoms with E-state index in [9.17, 15) is 13.2 Å². The molecular weight excluding hydrogens is 450 g/mol. The van der Waals surface area contributed by atoms with Crippen LogP contribution in [0.1, 0.15) is 51.1 Å². The van der Waals surface area contributed by atoms with E-state index in [4.69, 9.17) is 4.74 Å². The van der Waals surface area contributed by atoms with Crippen LogP contribution in [0.4, 0.5) is 0 Å². The molecule has 182 valence electrons. The highest BCUT2D eigenvalue weighted by Gasteiger charge is 2.27. The minimum Gasteiger partial charge on any atom is -0.494 e. The Morgan fingerprint density at radius 1 is 1.03 bits per heavy atom. The number of piperidine rings is 1. The number of sulfonamides is 1. The quantitative estimate of drug-likeness (QED) is 0.487. The predicted molar refractivity (Wildman–Crippen MR) is 133 cm³/mol. The molecule has 0 bridgehead atoms. The zero-order chi connectivity index (χ0) is 24.1. The van der Waals surface area contributed by atoms with Crippen molar-refractivity contribution in [1.82, 2.24) is 14.2 Å². The summed E-state index contributed by atoms with van der Waals surface area (Å²) in [6.07, 6.45) is 5.37. The van der Waals surface area contributed by atoms with Crippen LogP contribution in [0.15, 0.2) is 59.6 Å². The molecule has 0 spiro atoms. The molecule has 1 saturated heterocycles. The molecule has 1 N–H and O–H groups in total. The summed E-state index contributed by atoms with van der Waals surface area (Å²) >= 11 is 0. The molecule has 1 aliphatic rings. The molecule has 2 heterocycles. The number of benzene rings is 2. The van der Waals surface area contributed by atoms with Gasteiger partial charge >= 0.3 is 0 Å². The summed E-state index contributed by atoms with van der Waals surface area (Å²) in [5, 5.41) is 3.85. The molecule has 1 fully saturated rings. The third-order valence-electron chi connectivity index (χ3n) is 6.37. The predicted octanol–water partition coefficient (Wildman–Crippen LogP) is 4.48. The molecule has 2 aromatic carbocycles. The second-order valence-corrected chi connectivity index (χ2v) is 10.6. The standard InChI is InChI=1S/C26H33N3O4S/c1-3-24(26(30)27-19-20-8-10-22(11-9-20)33-4-2)29-17-14-21-18-23(12-13-25(21)29)34(31,32)28-15-6-5-7-16-28/h8-14,17-18,24H,3-7,15-16,19H2,1-2H3,(H,27,30). The molecule has 8 heteroatoms. The summed E-state index contributed by atoms with van der Waals surface area (Å²) in [5.41, 5.74) is 1.84. The van der Waals surface area contributed by atoms with Crippen molar-refractivity contribution in [2.45, 2.75) is 57.0 Å². The summed E-state index contributed by atoms with van der Waals surface area (Å²) in [5.74, 6) is 0.739. The smallest absolute Gasteiger partial charge is 0.243 e. The van der Waals surface area contributed by atoms with Gasteiger partial charge in [0.1, 0.15) is 11.8 Å². The van der Waals surface area contributed by atoms with Crippen molar-refractivity contribution in [3.05, 3.63) is 60.3 Å². The minimum atomic E-state index is -3.50. The van der Waals surface area contributed by atoms with Crippen LogP contribution in [0.2, 0.25) is 0 Å². The van der Waals surface area contributed by atoms with Gasteiger partial charge in [-0.05, 0) is 68.1 Å². The highest BCUT2D eigenvalue weighted by Crippen LogP contribution is 2.27. The summed E-state index contributed by atoms with van der Waals surface area (Å²) < 4.78 is 35.1. The number of hydrogen-bond acceptors (Lipinski definition) is 4. The lowest BCUT2D eigenvalue weighted by atomic mass is 10.1. The van der Waals surface area contributed by atoms with E-state index < -0.39 is 10.0 Å². The van der Waals surface area contributed by atoms with Crippen molar-refractivity contribution in [1.29, 1.82) is 0 Å². The average Bonchev–Trinajstić information content (AvgIpc) is 3.28. The maximum Gasteiger partial charge on any atom is 0.243 e. The fourth-order valence-corrected chi connectivity index (χ4v) is 6.07. The fourth-order valence-electron chi connectivity index (χ4n) is 4.51. The van der Waals surface area contributed by atoms with Crippen LogP contribution < -0.4 is 10.1 Å². The van der Waals surface area contributed by atoms with Crippen LogP contribution in [-0.2, 0) is 21.4 Å². The molecule has 1 atom stereocenters. The normalized spacial score (nSPS) is 15.8. The molecule has 0 radical (unpaired) electrons. The summed E-state index contributed by atoms with van der Waals surface area (Å²) in [7, 11) is -3.50. The number of nitrogens with zero attached hydrogens (tertiary/aromatic N) is 2. The zero-order valence-corrected chi connectivity index (χ0v) is 20.7. The Labute approximate surface area is 201 Å². The van der Waals surface area contributed by atoms with Gasteiger partial charge in [0.25, 0.3) is 0 Å². The number of nitrogens with one attached hydrogen (secondary N) is 1. The lowest BCUT2D eigenvalue weighted by molar-refractivity contribution is -0.124. The Kier molecular flexibility index (Phi) is 7.58. The van der Waals surface area contributed by atoms with Crippen molar-refractivity contribution in [2.75, 3.05) is 19.7 Å². The monoisotopic (exact) mass is 483 g/mol. The highest BCUT2D eigenvalue weighted by atomic mass is 32.2. The Morgan fingerprint density at radius 2 is 1.76 bits per heavy atom. The Bertz CT molecular complexity index is 1230. The first kappa shape index (κ1) is 24.3. The SMILES string of the molecule is CCOc1ccc(CNC(=O)C(CC)n2ccc3cc(S(=O)(=O)N4CCCCC4)ccc32)cc1. The number of rotatable bonds is 9. The van der Waals surface area contributed by atoms with Crippen molar-refractivity contribution >= 4 is 26.8 Å². The van der Waals surface area contributed by atoms with E-state index in [0.29, 0.717) is 37.6 Å². The molecule has 1 amide bonds. The van der Waals surface area contributed by atoms with Crippen molar-refractivity contribution < 1.29 is 17.9 Å². The second kappa shape index (κ2) is 10.6. The maximum atomic E-state index is 13.1. The van der Waals surface area contributed by atoms with E-state index in [1.807, 2.05) is 61.0 Å². The van der Waals surface area contributed by atoms with Crippen molar-refractivity contribution in [3.63, 3.8) is 0 Å². The first-order chi connectivity index (χ1) is 16.4. The maximum absolute atomic E-state index is 13.1. The van der Waals surface area contributed by atoms with Crippen LogP contribution in [0.3, 0.4) is 0 Å². The first-order valence-corrected chi connectivity index (χ1v) is 13.5. The molecule has 1 aliphatic heterocycles. The second-order valence-electron chi connectivity index (χ2n) is 8.63. The number of carbonyl (C=O) groups is 1. The molecule has 7 nitrogen and oxygen atoms in total. The molecular formula is C26H33N3O4S. The Morgan fingerprint density at radius 3 is 2.44 bits per heavy atom. The van der Waals surface area contributed by atoms with Gasteiger partial charge in [-0.2, -0.15) is 4.31 Å². The van der Waals surface area contributed by atoms with Gasteiger partial charge < -0.3 is 14.6 Å². The van der Waals surface area contributed by atoms with Gasteiger partial charge in [0, 0.05) is 36.7 Å². The number of ether oxygens (including phenoxy) is 1. The summed E-state index contributed by atoms with van der Waals surface area (Å²) in [6.45, 7) is 6.12. The van der Waals surface area contributed by atoms with Crippen molar-refractivity contribution in [3.8, 4) is 5.75 Å². The van der Waals surface area contributed by atoms with Gasteiger partial charge in [-0.15, -0.1) is 0 Å². The van der Waals surface area contributed by atoms with Crippen LogP contribution >= 0.6 is 0 Å². The van der Waals surface area contributed by atoms with E-state index >= 15 is 0 Å². The number of hydrogen-bond donors (Lipinski definition) is 1.